The van der Waals surface area contributed by atoms with E-state index in [9.17, 15) is 4.79 Å². The van der Waals surface area contributed by atoms with Crippen LogP contribution in [0.15, 0.2) is 24.4 Å². The maximum Gasteiger partial charge on any atom is 0.404 e. The molecule has 3 N–H and O–H groups in total. The van der Waals surface area contributed by atoms with Gasteiger partial charge in [0.25, 0.3) is 0 Å². The monoisotopic (exact) mass is 289 g/mol. The number of nitrogens with zero attached hydrogens (tertiary/aromatic N) is 1. The molecule has 0 unspecified atom stereocenters. The molecule has 0 spiro atoms. The lowest BCUT2D eigenvalue weighted by Crippen LogP contribution is -2.23. The van der Waals surface area contributed by atoms with Gasteiger partial charge >= 0.3 is 6.09 Å². The molecule has 1 amide bonds. The third-order valence-electron chi connectivity index (χ3n) is 3.12. The number of H-pyrrole nitrogens is 1. The van der Waals surface area contributed by atoms with Crippen LogP contribution >= 0.6 is 0 Å². The minimum atomic E-state index is -1.03. The Morgan fingerprint density at radius 2 is 2.14 bits per heavy atom. The average molecular weight is 289 g/mol. The van der Waals surface area contributed by atoms with Crippen LogP contribution in [0.4, 0.5) is 4.79 Å². The molecule has 21 heavy (non-hydrogen) atoms. The molecule has 1 aromatic carbocycles. The van der Waals surface area contributed by atoms with Crippen molar-refractivity contribution in [2.24, 2.45) is 0 Å². The second-order valence-electron chi connectivity index (χ2n) is 4.58. The quantitative estimate of drug-likeness (QED) is 0.795. The largest absolute Gasteiger partial charge is 0.486 e. The van der Waals surface area contributed by atoms with Gasteiger partial charge in [-0.15, -0.1) is 0 Å². The van der Waals surface area contributed by atoms with Crippen LogP contribution in [0.25, 0.3) is 11.3 Å². The highest BCUT2D eigenvalue weighted by Crippen LogP contribution is 2.33. The van der Waals surface area contributed by atoms with E-state index in [1.165, 1.54) is 0 Å². The van der Waals surface area contributed by atoms with Crippen molar-refractivity contribution in [2.75, 3.05) is 19.8 Å². The van der Waals surface area contributed by atoms with Crippen LogP contribution in [-0.4, -0.2) is 40.9 Å². The Labute approximate surface area is 120 Å². The average Bonchev–Trinajstić information content (AvgIpc) is 2.95. The minimum absolute atomic E-state index is 0.323. The van der Waals surface area contributed by atoms with E-state index in [0.717, 1.165) is 28.6 Å². The van der Waals surface area contributed by atoms with E-state index in [2.05, 4.69) is 15.3 Å². The smallest absolute Gasteiger partial charge is 0.404 e. The highest BCUT2D eigenvalue weighted by atomic mass is 16.6. The van der Waals surface area contributed by atoms with Gasteiger partial charge in [0.1, 0.15) is 19.0 Å². The fraction of sp³-hybridized carbons (Fsp3) is 0.286. The van der Waals surface area contributed by atoms with Crippen molar-refractivity contribution in [3.63, 3.8) is 0 Å². The number of imidazole rings is 1. The van der Waals surface area contributed by atoms with Crippen molar-refractivity contribution in [1.29, 1.82) is 0 Å². The number of fused-ring (bicyclic) bond motifs is 1. The summed E-state index contributed by atoms with van der Waals surface area (Å²) in [6, 6.07) is 5.71. The van der Waals surface area contributed by atoms with Gasteiger partial charge < -0.3 is 24.9 Å². The van der Waals surface area contributed by atoms with E-state index in [1.807, 2.05) is 18.2 Å². The zero-order valence-corrected chi connectivity index (χ0v) is 11.3. The van der Waals surface area contributed by atoms with Crippen LogP contribution in [-0.2, 0) is 6.42 Å². The van der Waals surface area contributed by atoms with Crippen molar-refractivity contribution < 1.29 is 19.4 Å². The number of ether oxygens (including phenoxy) is 2. The summed E-state index contributed by atoms with van der Waals surface area (Å²) in [4.78, 5) is 17.8. The van der Waals surface area contributed by atoms with Crippen molar-refractivity contribution in [1.82, 2.24) is 15.3 Å². The van der Waals surface area contributed by atoms with Gasteiger partial charge in [-0.1, -0.05) is 0 Å². The maximum absolute atomic E-state index is 10.4. The topological polar surface area (TPSA) is 96.5 Å². The third-order valence-corrected chi connectivity index (χ3v) is 3.12. The van der Waals surface area contributed by atoms with Crippen molar-refractivity contribution >= 4 is 6.09 Å². The number of carbonyl (C=O) groups is 1. The lowest BCUT2D eigenvalue weighted by Gasteiger charge is -2.18. The molecule has 0 saturated heterocycles. The first-order valence-corrected chi connectivity index (χ1v) is 6.63. The van der Waals surface area contributed by atoms with E-state index >= 15 is 0 Å². The van der Waals surface area contributed by atoms with Gasteiger partial charge in [0.2, 0.25) is 0 Å². The summed E-state index contributed by atoms with van der Waals surface area (Å²) in [5, 5.41) is 10.8. The molecule has 2 heterocycles. The van der Waals surface area contributed by atoms with Gasteiger partial charge in [0, 0.05) is 18.5 Å². The predicted molar refractivity (Wildman–Crippen MR) is 74.7 cm³/mol. The Balaban J connectivity index is 1.72. The van der Waals surface area contributed by atoms with E-state index in [-0.39, 0.29) is 0 Å². The molecule has 0 bridgehead atoms. The van der Waals surface area contributed by atoms with Gasteiger partial charge in [-0.05, 0) is 18.2 Å². The summed E-state index contributed by atoms with van der Waals surface area (Å²) >= 11 is 0. The van der Waals surface area contributed by atoms with Gasteiger partial charge in [0.15, 0.2) is 11.5 Å². The Bertz CT molecular complexity index is 653. The summed E-state index contributed by atoms with van der Waals surface area (Å²) in [6.45, 7) is 1.44. The first kappa shape index (κ1) is 13.3. The number of rotatable bonds is 4. The van der Waals surface area contributed by atoms with Gasteiger partial charge in [-0.2, -0.15) is 0 Å². The number of aromatic nitrogens is 2. The summed E-state index contributed by atoms with van der Waals surface area (Å²) in [7, 11) is 0. The van der Waals surface area contributed by atoms with Crippen molar-refractivity contribution in [3.05, 3.63) is 30.2 Å². The van der Waals surface area contributed by atoms with Crippen LogP contribution < -0.4 is 14.8 Å². The fourth-order valence-electron chi connectivity index (χ4n) is 2.13. The van der Waals surface area contributed by atoms with Crippen LogP contribution in [0.2, 0.25) is 0 Å². The number of nitrogens with one attached hydrogen (secondary N) is 2. The zero-order valence-electron chi connectivity index (χ0n) is 11.3. The van der Waals surface area contributed by atoms with E-state index in [4.69, 9.17) is 14.6 Å². The van der Waals surface area contributed by atoms with Gasteiger partial charge in [0.05, 0.1) is 11.9 Å². The minimum Gasteiger partial charge on any atom is -0.486 e. The van der Waals surface area contributed by atoms with E-state index in [1.54, 1.807) is 6.20 Å². The Morgan fingerprint density at radius 1 is 1.33 bits per heavy atom. The molecule has 7 nitrogen and oxygen atoms in total. The summed E-state index contributed by atoms with van der Waals surface area (Å²) in [5.74, 6) is 2.20. The second-order valence-corrected chi connectivity index (χ2v) is 4.58. The number of aromatic amines is 1. The van der Waals surface area contributed by atoms with Gasteiger partial charge in [-0.3, -0.25) is 0 Å². The van der Waals surface area contributed by atoms with Crippen LogP contribution in [0.1, 0.15) is 5.82 Å². The van der Waals surface area contributed by atoms with E-state index < -0.39 is 6.09 Å². The molecule has 2 aromatic rings. The molecule has 7 heteroatoms. The molecule has 0 fully saturated rings. The van der Waals surface area contributed by atoms with Crippen LogP contribution in [0.3, 0.4) is 0 Å². The molecule has 1 aliphatic heterocycles. The second kappa shape index (κ2) is 5.74. The highest BCUT2D eigenvalue weighted by Gasteiger charge is 2.13. The molecule has 0 radical (unpaired) electrons. The molecule has 1 aromatic heterocycles. The number of hydrogen-bond acceptors (Lipinski definition) is 4. The molecule has 0 aliphatic carbocycles. The Morgan fingerprint density at radius 3 is 2.95 bits per heavy atom. The molecule has 1 aliphatic rings. The Hall–Kier alpha value is -2.70. The number of amides is 1. The van der Waals surface area contributed by atoms with Crippen LogP contribution in [0.5, 0.6) is 11.5 Å². The molecule has 0 saturated carbocycles. The normalized spacial score (nSPS) is 13.0. The summed E-state index contributed by atoms with van der Waals surface area (Å²) in [5.41, 5.74) is 1.81. The summed E-state index contributed by atoms with van der Waals surface area (Å²) in [6.07, 6.45) is 1.20. The number of carboxylic acid groups (broad SMARTS) is 1. The molecular weight excluding hydrogens is 274 g/mol. The summed E-state index contributed by atoms with van der Waals surface area (Å²) < 4.78 is 11.0. The third kappa shape index (κ3) is 3.07. The Kier molecular flexibility index (Phi) is 3.63. The first-order valence-electron chi connectivity index (χ1n) is 6.63. The fourth-order valence-corrected chi connectivity index (χ4v) is 2.13. The molecular formula is C14H15N3O4. The number of benzene rings is 1. The standard InChI is InChI=1S/C14H15N3O4/c18-14(19)15-4-3-13-16-8-10(17-13)9-1-2-11-12(7-9)21-6-5-20-11/h1-2,7-8,15H,3-6H2,(H,16,17)(H,18,19). The lowest BCUT2D eigenvalue weighted by molar-refractivity contribution is 0.171. The van der Waals surface area contributed by atoms with Crippen molar-refractivity contribution in [2.45, 2.75) is 6.42 Å². The zero-order chi connectivity index (χ0) is 14.7. The maximum atomic E-state index is 10.4. The van der Waals surface area contributed by atoms with Gasteiger partial charge in [-0.25, -0.2) is 9.78 Å². The number of hydrogen-bond donors (Lipinski definition) is 3. The van der Waals surface area contributed by atoms with Crippen LogP contribution in [0, 0.1) is 0 Å². The van der Waals surface area contributed by atoms with Crippen molar-refractivity contribution in [3.8, 4) is 22.8 Å². The molecule has 0 atom stereocenters. The molecule has 3 rings (SSSR count). The molecule has 110 valence electrons. The first-order chi connectivity index (χ1) is 10.2. The SMILES string of the molecule is O=C(O)NCCc1ncc(-c2ccc3c(c2)OCCO3)[nH]1. The lowest BCUT2D eigenvalue weighted by atomic mass is 10.1. The predicted octanol–water partition coefficient (Wildman–Crippen LogP) is 1.66. The van der Waals surface area contributed by atoms with E-state index in [0.29, 0.717) is 26.2 Å². The highest BCUT2D eigenvalue weighted by molar-refractivity contribution is 5.64.